The lowest BCUT2D eigenvalue weighted by molar-refractivity contribution is -0.407. The Balaban J connectivity index is 4.28. The quantitative estimate of drug-likeness (QED) is 0.340. The summed E-state index contributed by atoms with van der Waals surface area (Å²) >= 11 is 0. The second-order valence-electron chi connectivity index (χ2n) is 3.33. The van der Waals surface area contributed by atoms with Gasteiger partial charge in [0.2, 0.25) is 0 Å². The molecule has 4 nitrogen and oxygen atoms in total. The number of hydrogen-bond acceptors (Lipinski definition) is 2. The third kappa shape index (κ3) is 1.67. The average Bonchev–Trinajstić information content (AvgIpc) is 1.88. The van der Waals surface area contributed by atoms with E-state index in [0.717, 1.165) is 0 Å². The van der Waals surface area contributed by atoms with Gasteiger partial charge >= 0.3 is 0 Å². The van der Waals surface area contributed by atoms with Gasteiger partial charge in [-0.2, -0.15) is 0 Å². The predicted octanol–water partition coefficient (Wildman–Crippen LogP) is -3.09. The molecule has 0 saturated carbocycles. The van der Waals surface area contributed by atoms with E-state index >= 15 is 0 Å². The molecule has 0 rings (SSSR count). The minimum Gasteiger partial charge on any atom is -0.356 e. The van der Waals surface area contributed by atoms with Crippen molar-refractivity contribution in [3.8, 4) is 0 Å². The van der Waals surface area contributed by atoms with Gasteiger partial charge in [-0.05, 0) is 13.8 Å². The molecule has 0 fully saturated rings. The van der Waals surface area contributed by atoms with E-state index in [9.17, 15) is 0 Å². The van der Waals surface area contributed by atoms with Gasteiger partial charge in [0.25, 0.3) is 0 Å². The largest absolute Gasteiger partial charge is 0.356 e. The highest BCUT2D eigenvalue weighted by molar-refractivity contribution is 4.99. The minimum absolute atomic E-state index is 0.408. The van der Waals surface area contributed by atoms with Crippen LogP contribution in [0, 0.1) is 0 Å². The van der Waals surface area contributed by atoms with Crippen LogP contribution in [0.2, 0.25) is 0 Å². The van der Waals surface area contributed by atoms with Crippen molar-refractivity contribution in [3.63, 3.8) is 0 Å². The maximum absolute atomic E-state index is 5.88. The lowest BCUT2D eigenvalue weighted by Gasteiger charge is -2.35. The Morgan fingerprint density at radius 1 is 1.00 bits per heavy atom. The predicted molar refractivity (Wildman–Crippen MR) is 40.7 cm³/mol. The van der Waals surface area contributed by atoms with Crippen LogP contribution in [0.1, 0.15) is 13.8 Å². The van der Waals surface area contributed by atoms with Crippen molar-refractivity contribution >= 4 is 0 Å². The third-order valence-corrected chi connectivity index (χ3v) is 2.34. The van der Waals surface area contributed by atoms with Crippen molar-refractivity contribution < 1.29 is 11.5 Å². The Morgan fingerprint density at radius 3 is 1.30 bits per heavy atom. The molecule has 0 heterocycles. The third-order valence-electron chi connectivity index (χ3n) is 2.34. The summed E-state index contributed by atoms with van der Waals surface area (Å²) in [6.45, 7) is 5.08. The monoisotopic (exact) mass is 148 g/mol. The van der Waals surface area contributed by atoms with Crippen LogP contribution in [0.15, 0.2) is 0 Å². The molecule has 0 saturated heterocycles. The molecule has 62 valence electrons. The molecule has 2 atom stereocenters. The molecule has 0 aromatic rings. The van der Waals surface area contributed by atoms with E-state index in [0.29, 0.717) is 13.1 Å². The summed E-state index contributed by atoms with van der Waals surface area (Å²) in [5.74, 6) is 0. The fraction of sp³-hybridized carbons (Fsp3) is 1.00. The summed E-state index contributed by atoms with van der Waals surface area (Å²) in [6.07, 6.45) is 0. The molecule has 4 heteroatoms. The molecular formula is C6H20N4+2. The Labute approximate surface area is 61.9 Å². The van der Waals surface area contributed by atoms with Gasteiger partial charge in [-0.15, -0.1) is 0 Å². The Bertz CT molecular complexity index is 94.3. The SMILES string of the molecule is CC(N)(C[NH3+])C(C)(N)C[NH3+]. The molecular weight excluding hydrogens is 128 g/mol. The van der Waals surface area contributed by atoms with Gasteiger partial charge in [-0.3, -0.25) is 0 Å². The van der Waals surface area contributed by atoms with Crippen LogP contribution in [0.4, 0.5) is 0 Å². The Hall–Kier alpha value is -0.160. The van der Waals surface area contributed by atoms with Crippen LogP contribution >= 0.6 is 0 Å². The van der Waals surface area contributed by atoms with Crippen LogP contribution in [-0.2, 0) is 0 Å². The first-order valence-electron chi connectivity index (χ1n) is 3.53. The van der Waals surface area contributed by atoms with E-state index in [1.165, 1.54) is 0 Å². The highest BCUT2D eigenvalue weighted by Gasteiger charge is 2.39. The highest BCUT2D eigenvalue weighted by atomic mass is 15.0. The molecule has 0 spiro atoms. The van der Waals surface area contributed by atoms with Crippen molar-refractivity contribution in [3.05, 3.63) is 0 Å². The van der Waals surface area contributed by atoms with Crippen molar-refractivity contribution in [2.75, 3.05) is 13.1 Å². The molecule has 0 aliphatic heterocycles. The number of rotatable bonds is 3. The van der Waals surface area contributed by atoms with Gasteiger partial charge in [0.15, 0.2) is 0 Å². The van der Waals surface area contributed by atoms with E-state index in [-0.39, 0.29) is 0 Å². The summed E-state index contributed by atoms with van der Waals surface area (Å²) in [5.41, 5.74) is 18.4. The van der Waals surface area contributed by atoms with Crippen LogP contribution < -0.4 is 22.9 Å². The molecule has 10 heavy (non-hydrogen) atoms. The van der Waals surface area contributed by atoms with Crippen molar-refractivity contribution in [1.29, 1.82) is 0 Å². The van der Waals surface area contributed by atoms with Crippen LogP contribution in [0.5, 0.6) is 0 Å². The lowest BCUT2D eigenvalue weighted by Crippen LogP contribution is -2.80. The van der Waals surface area contributed by atoms with Crippen LogP contribution in [0.25, 0.3) is 0 Å². The van der Waals surface area contributed by atoms with Crippen LogP contribution in [-0.4, -0.2) is 24.2 Å². The smallest absolute Gasteiger partial charge is 0.0940 e. The second-order valence-corrected chi connectivity index (χ2v) is 3.33. The van der Waals surface area contributed by atoms with E-state index in [1.807, 2.05) is 13.8 Å². The molecule has 0 aromatic heterocycles. The zero-order valence-electron chi connectivity index (χ0n) is 6.98. The van der Waals surface area contributed by atoms with E-state index in [2.05, 4.69) is 11.5 Å². The maximum atomic E-state index is 5.88. The highest BCUT2D eigenvalue weighted by Crippen LogP contribution is 2.11. The fourth-order valence-electron chi connectivity index (χ4n) is 0.571. The minimum atomic E-state index is -0.408. The first kappa shape index (κ1) is 9.84. The normalized spacial score (nSPS) is 23.4. The van der Waals surface area contributed by atoms with Gasteiger partial charge in [0, 0.05) is 0 Å². The fourth-order valence-corrected chi connectivity index (χ4v) is 0.571. The van der Waals surface area contributed by atoms with Gasteiger partial charge in [0.1, 0.15) is 0 Å². The van der Waals surface area contributed by atoms with Gasteiger partial charge in [-0.1, -0.05) is 0 Å². The number of hydrogen-bond donors (Lipinski definition) is 4. The summed E-state index contributed by atoms with van der Waals surface area (Å²) in [6, 6.07) is 0. The summed E-state index contributed by atoms with van der Waals surface area (Å²) in [5, 5.41) is 0. The van der Waals surface area contributed by atoms with Crippen molar-refractivity contribution in [2.24, 2.45) is 11.5 Å². The Kier molecular flexibility index (Phi) is 2.79. The second kappa shape index (κ2) is 2.84. The summed E-state index contributed by atoms with van der Waals surface area (Å²) < 4.78 is 0. The molecule has 0 aromatic carbocycles. The topological polar surface area (TPSA) is 107 Å². The van der Waals surface area contributed by atoms with Crippen molar-refractivity contribution in [1.82, 2.24) is 0 Å². The maximum Gasteiger partial charge on any atom is 0.0940 e. The molecule has 10 N–H and O–H groups in total. The summed E-state index contributed by atoms with van der Waals surface area (Å²) in [7, 11) is 0. The molecule has 0 aliphatic rings. The number of quaternary nitrogens is 2. The zero-order chi connectivity index (χ0) is 8.41. The first-order chi connectivity index (χ1) is 4.37. The lowest BCUT2D eigenvalue weighted by atomic mass is 9.81. The first-order valence-corrected chi connectivity index (χ1v) is 3.53. The van der Waals surface area contributed by atoms with E-state index in [1.54, 1.807) is 0 Å². The average molecular weight is 148 g/mol. The van der Waals surface area contributed by atoms with E-state index in [4.69, 9.17) is 11.5 Å². The number of nitrogens with two attached hydrogens (primary N) is 2. The van der Waals surface area contributed by atoms with Gasteiger partial charge in [-0.25, -0.2) is 0 Å². The molecule has 0 amide bonds. The Morgan fingerprint density at radius 2 is 1.20 bits per heavy atom. The zero-order valence-corrected chi connectivity index (χ0v) is 6.98. The standard InChI is InChI=1S/C6H18N4/c1-5(9,3-7)6(2,10)4-8/h3-4,7-10H2,1-2H3/p+2. The van der Waals surface area contributed by atoms with Gasteiger partial charge in [0.05, 0.1) is 24.2 Å². The molecule has 0 bridgehead atoms. The van der Waals surface area contributed by atoms with Gasteiger partial charge < -0.3 is 22.9 Å². The summed E-state index contributed by atoms with van der Waals surface area (Å²) in [4.78, 5) is 0. The molecule has 2 unspecified atom stereocenters. The van der Waals surface area contributed by atoms with Crippen LogP contribution in [0.3, 0.4) is 0 Å². The molecule has 0 radical (unpaired) electrons. The van der Waals surface area contributed by atoms with Crippen molar-refractivity contribution in [2.45, 2.75) is 24.9 Å². The molecule has 0 aliphatic carbocycles. The van der Waals surface area contributed by atoms with E-state index < -0.39 is 11.1 Å².